The summed E-state index contributed by atoms with van der Waals surface area (Å²) in [4.78, 5) is 12.4. The normalized spacial score (nSPS) is 16.8. The molecule has 0 saturated carbocycles. The molecule has 1 atom stereocenters. The van der Waals surface area contributed by atoms with Crippen molar-refractivity contribution in [2.75, 3.05) is 20.8 Å². The summed E-state index contributed by atoms with van der Waals surface area (Å²) in [6.45, 7) is 3.39. The number of carbonyl (C=O) groups is 1. The second-order valence-corrected chi connectivity index (χ2v) is 5.17. The van der Waals surface area contributed by atoms with Crippen LogP contribution in [0.3, 0.4) is 0 Å². The Hall–Kier alpha value is -3.14. The molecule has 0 radical (unpaired) electrons. The van der Waals surface area contributed by atoms with Crippen LogP contribution in [0.5, 0.6) is 11.5 Å². The van der Waals surface area contributed by atoms with Crippen LogP contribution in [0.1, 0.15) is 25.3 Å². The van der Waals surface area contributed by atoms with Gasteiger partial charge in [-0.15, -0.1) is 0 Å². The van der Waals surface area contributed by atoms with Crippen LogP contribution in [-0.2, 0) is 14.3 Å². The number of ether oxygens (including phenoxy) is 4. The van der Waals surface area contributed by atoms with E-state index in [1.165, 1.54) is 21.1 Å². The van der Waals surface area contributed by atoms with E-state index in [9.17, 15) is 15.2 Å². The van der Waals surface area contributed by atoms with Gasteiger partial charge in [-0.05, 0) is 31.5 Å². The number of carbonyl (C=O) groups excluding carboxylic acids is 1. The van der Waals surface area contributed by atoms with Crippen molar-refractivity contribution >= 4 is 5.97 Å². The number of esters is 1. The highest BCUT2D eigenvalue weighted by Crippen LogP contribution is 2.42. The molecule has 0 bridgehead atoms. The minimum absolute atomic E-state index is 0.0825. The van der Waals surface area contributed by atoms with E-state index < -0.39 is 17.8 Å². The molecule has 1 aliphatic rings. The lowest BCUT2D eigenvalue weighted by Gasteiger charge is -2.26. The standard InChI is InChI=1S/C18H19NO6/c1-5-24-18(21)15-10(2)25-17(20)12(9-19)16(15)11-6-7-13(22-3)14(8-11)23-4/h6-8,16,20H,5H2,1-4H3/t16-/m0/s1. The molecule has 1 aromatic carbocycles. The Morgan fingerprint density at radius 2 is 2.00 bits per heavy atom. The van der Waals surface area contributed by atoms with Crippen LogP contribution in [0.25, 0.3) is 0 Å². The van der Waals surface area contributed by atoms with E-state index in [1.807, 2.05) is 6.07 Å². The summed E-state index contributed by atoms with van der Waals surface area (Å²) in [6, 6.07) is 6.90. The highest BCUT2D eigenvalue weighted by atomic mass is 16.6. The van der Waals surface area contributed by atoms with Crippen molar-refractivity contribution in [2.45, 2.75) is 19.8 Å². The lowest BCUT2D eigenvalue weighted by atomic mass is 9.83. The highest BCUT2D eigenvalue weighted by molar-refractivity contribution is 5.92. The van der Waals surface area contributed by atoms with Gasteiger partial charge in [0.15, 0.2) is 11.5 Å². The molecule has 0 spiro atoms. The van der Waals surface area contributed by atoms with Crippen LogP contribution in [0.4, 0.5) is 0 Å². The van der Waals surface area contributed by atoms with E-state index in [4.69, 9.17) is 18.9 Å². The Morgan fingerprint density at radius 3 is 2.56 bits per heavy atom. The van der Waals surface area contributed by atoms with Gasteiger partial charge in [0.1, 0.15) is 17.4 Å². The van der Waals surface area contributed by atoms with Gasteiger partial charge in [-0.25, -0.2) is 4.79 Å². The lowest BCUT2D eigenvalue weighted by molar-refractivity contribution is -0.139. The number of aliphatic hydroxyl groups is 1. The number of hydrogen-bond donors (Lipinski definition) is 1. The number of rotatable bonds is 5. The summed E-state index contributed by atoms with van der Waals surface area (Å²) < 4.78 is 20.7. The van der Waals surface area contributed by atoms with Crippen molar-refractivity contribution in [3.63, 3.8) is 0 Å². The molecule has 0 aromatic heterocycles. The van der Waals surface area contributed by atoms with Crippen molar-refractivity contribution in [1.29, 1.82) is 5.26 Å². The average molecular weight is 345 g/mol. The van der Waals surface area contributed by atoms with Gasteiger partial charge in [0.2, 0.25) is 0 Å². The Balaban J connectivity index is 2.64. The second-order valence-electron chi connectivity index (χ2n) is 5.17. The summed E-state index contributed by atoms with van der Waals surface area (Å²) >= 11 is 0. The molecule has 0 fully saturated rings. The molecular weight excluding hydrogens is 326 g/mol. The van der Waals surface area contributed by atoms with Crippen LogP contribution in [0.15, 0.2) is 41.0 Å². The molecule has 0 amide bonds. The number of benzene rings is 1. The predicted molar refractivity (Wildman–Crippen MR) is 88.0 cm³/mol. The van der Waals surface area contributed by atoms with Crippen LogP contribution in [0.2, 0.25) is 0 Å². The molecule has 132 valence electrons. The quantitative estimate of drug-likeness (QED) is 0.819. The molecule has 0 saturated heterocycles. The van der Waals surface area contributed by atoms with Gasteiger partial charge in [0.05, 0.1) is 32.3 Å². The first kappa shape index (κ1) is 18.2. The minimum Gasteiger partial charge on any atom is -0.493 e. The fourth-order valence-corrected chi connectivity index (χ4v) is 2.67. The first-order valence-corrected chi connectivity index (χ1v) is 7.59. The van der Waals surface area contributed by atoms with E-state index in [2.05, 4.69) is 0 Å². The molecular formula is C18H19NO6. The van der Waals surface area contributed by atoms with Crippen LogP contribution >= 0.6 is 0 Å². The third-order valence-electron chi connectivity index (χ3n) is 3.79. The third-order valence-corrected chi connectivity index (χ3v) is 3.79. The number of allylic oxidation sites excluding steroid dienone is 2. The summed E-state index contributed by atoms with van der Waals surface area (Å²) in [5, 5.41) is 19.5. The van der Waals surface area contributed by atoms with E-state index in [-0.39, 0.29) is 23.5 Å². The molecule has 7 nitrogen and oxygen atoms in total. The third kappa shape index (κ3) is 3.38. The molecule has 0 aliphatic carbocycles. The zero-order chi connectivity index (χ0) is 18.6. The first-order chi connectivity index (χ1) is 12.0. The summed E-state index contributed by atoms with van der Waals surface area (Å²) in [6.07, 6.45) is 0. The van der Waals surface area contributed by atoms with Gasteiger partial charge < -0.3 is 24.1 Å². The Labute approximate surface area is 145 Å². The van der Waals surface area contributed by atoms with Crippen LogP contribution in [0, 0.1) is 11.3 Å². The fraction of sp³-hybridized carbons (Fsp3) is 0.333. The number of aliphatic hydroxyl groups excluding tert-OH is 1. The van der Waals surface area contributed by atoms with Gasteiger partial charge in [0.25, 0.3) is 5.95 Å². The molecule has 25 heavy (non-hydrogen) atoms. The monoisotopic (exact) mass is 345 g/mol. The van der Waals surface area contributed by atoms with Crippen LogP contribution < -0.4 is 9.47 Å². The van der Waals surface area contributed by atoms with E-state index in [0.29, 0.717) is 17.1 Å². The van der Waals surface area contributed by atoms with Crippen molar-refractivity contribution in [3.8, 4) is 17.6 Å². The lowest BCUT2D eigenvalue weighted by Crippen LogP contribution is -2.23. The van der Waals surface area contributed by atoms with E-state index in [1.54, 1.807) is 25.1 Å². The van der Waals surface area contributed by atoms with Crippen molar-refractivity contribution in [1.82, 2.24) is 0 Å². The molecule has 1 aromatic rings. The molecule has 1 heterocycles. The summed E-state index contributed by atoms with van der Waals surface area (Å²) in [5.41, 5.74) is 0.635. The topological polar surface area (TPSA) is 98.0 Å². The first-order valence-electron chi connectivity index (χ1n) is 7.59. The highest BCUT2D eigenvalue weighted by Gasteiger charge is 2.37. The largest absolute Gasteiger partial charge is 0.493 e. The van der Waals surface area contributed by atoms with Gasteiger partial charge in [0, 0.05) is 0 Å². The number of methoxy groups -OCH3 is 2. The SMILES string of the molecule is CCOC(=O)C1=C(C)OC(O)=C(C#N)[C@@H]1c1ccc(OC)c(OC)c1. The molecule has 2 rings (SSSR count). The molecule has 1 N–H and O–H groups in total. The van der Waals surface area contributed by atoms with Gasteiger partial charge in [-0.3, -0.25) is 0 Å². The van der Waals surface area contributed by atoms with Crippen LogP contribution in [-0.4, -0.2) is 31.9 Å². The molecule has 0 unspecified atom stereocenters. The minimum atomic E-state index is -0.836. The summed E-state index contributed by atoms with van der Waals surface area (Å²) in [7, 11) is 2.99. The smallest absolute Gasteiger partial charge is 0.338 e. The predicted octanol–water partition coefficient (Wildman–Crippen LogP) is 2.95. The summed E-state index contributed by atoms with van der Waals surface area (Å²) in [5.74, 6) is -0.868. The van der Waals surface area contributed by atoms with Crippen molar-refractivity contribution < 1.29 is 28.8 Å². The number of nitriles is 1. The molecule has 7 heteroatoms. The van der Waals surface area contributed by atoms with Gasteiger partial charge in [-0.1, -0.05) is 6.07 Å². The van der Waals surface area contributed by atoms with E-state index >= 15 is 0 Å². The van der Waals surface area contributed by atoms with Crippen molar-refractivity contribution in [3.05, 3.63) is 46.6 Å². The fourth-order valence-electron chi connectivity index (χ4n) is 2.67. The zero-order valence-corrected chi connectivity index (χ0v) is 14.5. The maximum Gasteiger partial charge on any atom is 0.338 e. The Morgan fingerprint density at radius 1 is 1.32 bits per heavy atom. The van der Waals surface area contributed by atoms with Gasteiger partial charge >= 0.3 is 5.97 Å². The molecule has 1 aliphatic heterocycles. The van der Waals surface area contributed by atoms with Crippen molar-refractivity contribution in [2.24, 2.45) is 0 Å². The number of hydrogen-bond acceptors (Lipinski definition) is 7. The zero-order valence-electron chi connectivity index (χ0n) is 14.5. The Bertz CT molecular complexity index is 787. The van der Waals surface area contributed by atoms with E-state index in [0.717, 1.165) is 0 Å². The Kier molecular flexibility index (Phi) is 5.55. The maximum absolute atomic E-state index is 12.4. The second kappa shape index (κ2) is 7.62. The maximum atomic E-state index is 12.4. The number of nitrogens with zero attached hydrogens (tertiary/aromatic N) is 1. The average Bonchev–Trinajstić information content (AvgIpc) is 2.60. The van der Waals surface area contributed by atoms with Gasteiger partial charge in [-0.2, -0.15) is 5.26 Å².